The van der Waals surface area contributed by atoms with Crippen molar-refractivity contribution in [2.75, 3.05) is 26.4 Å². The van der Waals surface area contributed by atoms with E-state index in [9.17, 15) is 0 Å². The summed E-state index contributed by atoms with van der Waals surface area (Å²) in [7, 11) is 0. The van der Waals surface area contributed by atoms with Crippen molar-refractivity contribution in [3.63, 3.8) is 0 Å². The molecule has 0 aromatic rings. The summed E-state index contributed by atoms with van der Waals surface area (Å²) in [6.07, 6.45) is 8.14. The van der Waals surface area contributed by atoms with Gasteiger partial charge in [-0.15, -0.1) is 0 Å². The maximum Gasteiger partial charge on any atom is 0.0647 e. The molecule has 0 bridgehead atoms. The van der Waals surface area contributed by atoms with Crippen molar-refractivity contribution in [3.8, 4) is 0 Å². The minimum absolute atomic E-state index is 0.637. The molecule has 0 aromatic carbocycles. The highest BCUT2D eigenvalue weighted by Crippen LogP contribution is 2.06. The fourth-order valence-electron chi connectivity index (χ4n) is 1.78. The van der Waals surface area contributed by atoms with Gasteiger partial charge in [0.15, 0.2) is 0 Å². The van der Waals surface area contributed by atoms with Gasteiger partial charge in [0.25, 0.3) is 0 Å². The second-order valence-electron chi connectivity index (χ2n) is 7.96. The molecule has 23 heavy (non-hydrogen) atoms. The third-order valence-corrected chi connectivity index (χ3v) is 2.96. The van der Waals surface area contributed by atoms with E-state index < -0.39 is 0 Å². The minimum atomic E-state index is 0.637. The van der Waals surface area contributed by atoms with Gasteiger partial charge >= 0.3 is 0 Å². The number of ether oxygens (including phenoxy) is 2. The molecule has 0 aliphatic rings. The van der Waals surface area contributed by atoms with Crippen molar-refractivity contribution in [2.24, 2.45) is 23.7 Å². The summed E-state index contributed by atoms with van der Waals surface area (Å²) in [4.78, 5) is 0. The van der Waals surface area contributed by atoms with E-state index in [1.165, 1.54) is 19.3 Å². The molecule has 0 aliphatic carbocycles. The zero-order valence-electron chi connectivity index (χ0n) is 17.2. The predicted molar refractivity (Wildman–Crippen MR) is 104 cm³/mol. The zero-order chi connectivity index (χ0) is 18.1. The lowest BCUT2D eigenvalue weighted by Gasteiger charge is -2.07. The van der Waals surface area contributed by atoms with Crippen molar-refractivity contribution in [1.29, 1.82) is 0 Å². The third kappa shape index (κ3) is 30.2. The van der Waals surface area contributed by atoms with E-state index in [0.717, 1.165) is 32.3 Å². The summed E-state index contributed by atoms with van der Waals surface area (Å²) in [6.45, 7) is 21.1. The Morgan fingerprint density at radius 2 is 1.26 bits per heavy atom. The molecule has 0 N–H and O–H groups in total. The smallest absolute Gasteiger partial charge is 0.0647 e. The normalized spacial score (nSPS) is 11.8. The third-order valence-electron chi connectivity index (χ3n) is 2.96. The van der Waals surface area contributed by atoms with Crippen LogP contribution in [0.2, 0.25) is 0 Å². The topological polar surface area (TPSA) is 18.5 Å². The average molecular weight is 329 g/mol. The Labute approximate surface area is 147 Å². The molecule has 0 saturated heterocycles. The van der Waals surface area contributed by atoms with Gasteiger partial charge in [0, 0.05) is 19.8 Å². The highest BCUT2D eigenvalue weighted by atomic mass is 16.5. The molecular weight excluding hydrogens is 284 g/mol. The van der Waals surface area contributed by atoms with Crippen LogP contribution in [0.3, 0.4) is 0 Å². The van der Waals surface area contributed by atoms with Crippen LogP contribution in [0.1, 0.15) is 74.7 Å². The van der Waals surface area contributed by atoms with E-state index in [4.69, 9.17) is 9.47 Å². The Kier molecular flexibility index (Phi) is 19.5. The van der Waals surface area contributed by atoms with E-state index in [1.54, 1.807) is 0 Å². The number of hydrogen-bond donors (Lipinski definition) is 0. The predicted octanol–water partition coefficient (Wildman–Crippen LogP) is 6.36. The molecule has 0 aliphatic heterocycles. The Bertz CT molecular complexity index is 230. The first-order valence-corrected chi connectivity index (χ1v) is 9.57. The molecule has 2 heteroatoms. The van der Waals surface area contributed by atoms with E-state index in [1.807, 2.05) is 0 Å². The fraction of sp³-hybridized carbons (Fsp3) is 0.905. The van der Waals surface area contributed by atoms with E-state index >= 15 is 0 Å². The molecule has 0 radical (unpaired) electrons. The molecule has 0 rings (SSSR count). The molecule has 0 aromatic heterocycles. The lowest BCUT2D eigenvalue weighted by atomic mass is 10.1. The molecule has 0 atom stereocenters. The molecule has 2 nitrogen and oxygen atoms in total. The summed E-state index contributed by atoms with van der Waals surface area (Å²) in [5.41, 5.74) is 0. The van der Waals surface area contributed by atoms with Crippen LogP contribution in [0.15, 0.2) is 12.2 Å². The standard InChI is InChI=1S/C11H24O.C10H20O/c1-10(2)7-5-6-8-12-9-11(3)4;1-9(2)6-5-7-11-8-10(3)4/h10-11H,5-9H2,1-4H3;5-6,9-10H,7-8H2,1-4H3/b;6-5-. The summed E-state index contributed by atoms with van der Waals surface area (Å²) < 4.78 is 10.8. The Balaban J connectivity index is 0. The van der Waals surface area contributed by atoms with Gasteiger partial charge in [-0.3, -0.25) is 0 Å². The van der Waals surface area contributed by atoms with Gasteiger partial charge in [0.05, 0.1) is 6.61 Å². The molecule has 0 heterocycles. The van der Waals surface area contributed by atoms with Crippen LogP contribution in [0, 0.1) is 23.7 Å². The van der Waals surface area contributed by atoms with Crippen LogP contribution in [0.5, 0.6) is 0 Å². The maximum absolute atomic E-state index is 5.48. The van der Waals surface area contributed by atoms with E-state index in [-0.39, 0.29) is 0 Å². The van der Waals surface area contributed by atoms with Gasteiger partial charge in [0.1, 0.15) is 0 Å². The van der Waals surface area contributed by atoms with Crippen LogP contribution in [0.25, 0.3) is 0 Å². The van der Waals surface area contributed by atoms with Crippen LogP contribution < -0.4 is 0 Å². The maximum atomic E-state index is 5.48. The van der Waals surface area contributed by atoms with Gasteiger partial charge in [-0.25, -0.2) is 0 Å². The quantitative estimate of drug-likeness (QED) is 0.307. The Hall–Kier alpha value is -0.340. The Morgan fingerprint density at radius 1 is 0.696 bits per heavy atom. The highest BCUT2D eigenvalue weighted by molar-refractivity contribution is 4.84. The summed E-state index contributed by atoms with van der Waals surface area (Å²) in [5, 5.41) is 0. The van der Waals surface area contributed by atoms with Crippen LogP contribution >= 0.6 is 0 Å². The summed E-state index contributed by atoms with van der Waals surface area (Å²) >= 11 is 0. The van der Waals surface area contributed by atoms with Crippen molar-refractivity contribution >= 4 is 0 Å². The molecule has 140 valence electrons. The number of rotatable bonds is 12. The van der Waals surface area contributed by atoms with Gasteiger partial charge in [-0.05, 0) is 30.1 Å². The molecular formula is C21H44O2. The van der Waals surface area contributed by atoms with Crippen molar-refractivity contribution < 1.29 is 9.47 Å². The summed E-state index contributed by atoms with van der Waals surface area (Å²) in [5.74, 6) is 2.80. The fourth-order valence-corrected chi connectivity index (χ4v) is 1.78. The van der Waals surface area contributed by atoms with Crippen molar-refractivity contribution in [2.45, 2.75) is 74.7 Å². The molecule has 0 spiro atoms. The zero-order valence-corrected chi connectivity index (χ0v) is 17.2. The first kappa shape index (κ1) is 24.9. The lowest BCUT2D eigenvalue weighted by Crippen LogP contribution is -2.03. The number of hydrogen-bond acceptors (Lipinski definition) is 2. The molecule has 0 fully saturated rings. The van der Waals surface area contributed by atoms with E-state index in [0.29, 0.717) is 17.8 Å². The second-order valence-corrected chi connectivity index (χ2v) is 7.96. The molecule has 0 amide bonds. The minimum Gasteiger partial charge on any atom is -0.381 e. The van der Waals surface area contributed by atoms with Gasteiger partial charge in [0.2, 0.25) is 0 Å². The SMILES string of the molecule is CC(C)/C=C\COCC(C)C.CC(C)CCCCOCC(C)C. The lowest BCUT2D eigenvalue weighted by molar-refractivity contribution is 0.106. The van der Waals surface area contributed by atoms with Gasteiger partial charge in [-0.1, -0.05) is 80.4 Å². The van der Waals surface area contributed by atoms with Gasteiger partial charge in [-0.2, -0.15) is 0 Å². The van der Waals surface area contributed by atoms with Crippen LogP contribution in [-0.2, 0) is 9.47 Å². The van der Waals surface area contributed by atoms with Crippen LogP contribution in [0.4, 0.5) is 0 Å². The van der Waals surface area contributed by atoms with Crippen molar-refractivity contribution in [1.82, 2.24) is 0 Å². The largest absolute Gasteiger partial charge is 0.381 e. The Morgan fingerprint density at radius 3 is 1.74 bits per heavy atom. The monoisotopic (exact) mass is 328 g/mol. The van der Waals surface area contributed by atoms with Crippen LogP contribution in [-0.4, -0.2) is 26.4 Å². The highest BCUT2D eigenvalue weighted by Gasteiger charge is 1.95. The van der Waals surface area contributed by atoms with E-state index in [2.05, 4.69) is 67.5 Å². The number of unbranched alkanes of at least 4 members (excludes halogenated alkanes) is 1. The molecule has 0 saturated carbocycles. The van der Waals surface area contributed by atoms with Gasteiger partial charge < -0.3 is 9.47 Å². The van der Waals surface area contributed by atoms with Crippen molar-refractivity contribution in [3.05, 3.63) is 12.2 Å². The first-order chi connectivity index (χ1) is 10.8. The molecule has 0 unspecified atom stereocenters. The second kappa shape index (κ2) is 18.0. The number of allylic oxidation sites excluding steroid dienone is 1. The summed E-state index contributed by atoms with van der Waals surface area (Å²) in [6, 6.07) is 0. The average Bonchev–Trinajstić information content (AvgIpc) is 2.41. The first-order valence-electron chi connectivity index (χ1n) is 9.57.